The van der Waals surface area contributed by atoms with Gasteiger partial charge in [0.1, 0.15) is 5.82 Å². The van der Waals surface area contributed by atoms with Gasteiger partial charge in [-0.3, -0.25) is 0 Å². The number of fused-ring (bicyclic) bond motifs is 2. The van der Waals surface area contributed by atoms with Gasteiger partial charge >= 0.3 is 0 Å². The second-order valence-electron chi connectivity index (χ2n) is 7.27. The molecule has 1 fully saturated rings. The van der Waals surface area contributed by atoms with Crippen LogP contribution >= 0.6 is 0 Å². The summed E-state index contributed by atoms with van der Waals surface area (Å²) in [6.07, 6.45) is 3.70. The molecule has 4 heteroatoms. The number of aryl methyl sites for hydroxylation is 2. The Morgan fingerprint density at radius 3 is 2.62 bits per heavy atom. The largest absolute Gasteiger partial charge is 0.378 e. The van der Waals surface area contributed by atoms with E-state index in [1.165, 1.54) is 41.3 Å². The van der Waals surface area contributed by atoms with E-state index in [0.717, 1.165) is 44.2 Å². The Bertz CT molecular complexity index is 735. The molecule has 4 nitrogen and oxygen atoms in total. The van der Waals surface area contributed by atoms with Crippen LogP contribution in [0.25, 0.3) is 10.9 Å². The number of aromatic nitrogens is 1. The van der Waals surface area contributed by atoms with Gasteiger partial charge in [0, 0.05) is 36.6 Å². The van der Waals surface area contributed by atoms with Gasteiger partial charge in [-0.2, -0.15) is 0 Å². The SMILES string of the molecule is CC(C)NCc1cc2cc3c(cc2nc1N1CCOCC1)CCC3. The van der Waals surface area contributed by atoms with E-state index in [2.05, 4.69) is 42.3 Å². The van der Waals surface area contributed by atoms with E-state index >= 15 is 0 Å². The highest BCUT2D eigenvalue weighted by molar-refractivity contribution is 5.84. The van der Waals surface area contributed by atoms with Gasteiger partial charge in [-0.1, -0.05) is 13.8 Å². The third kappa shape index (κ3) is 3.13. The Hall–Kier alpha value is -1.65. The van der Waals surface area contributed by atoms with Gasteiger partial charge in [-0.25, -0.2) is 4.98 Å². The predicted octanol–water partition coefficient (Wildman–Crippen LogP) is 3.06. The molecule has 1 N–H and O–H groups in total. The summed E-state index contributed by atoms with van der Waals surface area (Å²) in [7, 11) is 0. The van der Waals surface area contributed by atoms with Crippen molar-refractivity contribution in [2.75, 3.05) is 31.2 Å². The van der Waals surface area contributed by atoms with Gasteiger partial charge in [0.15, 0.2) is 0 Å². The molecule has 0 atom stereocenters. The highest BCUT2D eigenvalue weighted by Crippen LogP contribution is 2.30. The van der Waals surface area contributed by atoms with Gasteiger partial charge in [0.25, 0.3) is 0 Å². The highest BCUT2D eigenvalue weighted by Gasteiger charge is 2.19. The van der Waals surface area contributed by atoms with Crippen molar-refractivity contribution < 1.29 is 4.74 Å². The van der Waals surface area contributed by atoms with Gasteiger partial charge in [0.2, 0.25) is 0 Å². The van der Waals surface area contributed by atoms with Crippen LogP contribution in [0.5, 0.6) is 0 Å². The lowest BCUT2D eigenvalue weighted by Gasteiger charge is -2.30. The average Bonchev–Trinajstić information content (AvgIpc) is 3.05. The maximum absolute atomic E-state index is 5.52. The first-order chi connectivity index (χ1) is 11.7. The number of rotatable bonds is 4. The molecule has 24 heavy (non-hydrogen) atoms. The summed E-state index contributed by atoms with van der Waals surface area (Å²) in [5.74, 6) is 1.14. The molecule has 0 spiro atoms. The Morgan fingerprint density at radius 2 is 1.88 bits per heavy atom. The number of anilines is 1. The van der Waals surface area contributed by atoms with Gasteiger partial charge in [-0.05, 0) is 48.6 Å². The molecule has 0 unspecified atom stereocenters. The van der Waals surface area contributed by atoms with Crippen LogP contribution in [0, 0.1) is 0 Å². The lowest BCUT2D eigenvalue weighted by molar-refractivity contribution is 0.122. The first-order valence-electron chi connectivity index (χ1n) is 9.22. The summed E-state index contributed by atoms with van der Waals surface area (Å²) < 4.78 is 5.52. The normalized spacial score (nSPS) is 17.7. The lowest BCUT2D eigenvalue weighted by Crippen LogP contribution is -2.38. The molecule has 1 aliphatic heterocycles. The summed E-state index contributed by atoms with van der Waals surface area (Å²) >= 11 is 0. The van der Waals surface area contributed by atoms with Crippen LogP contribution in [0.15, 0.2) is 18.2 Å². The van der Waals surface area contributed by atoms with Crippen molar-refractivity contribution in [3.63, 3.8) is 0 Å². The van der Waals surface area contributed by atoms with E-state index in [4.69, 9.17) is 9.72 Å². The molecule has 0 amide bonds. The Balaban J connectivity index is 1.77. The minimum Gasteiger partial charge on any atom is -0.378 e. The monoisotopic (exact) mass is 325 g/mol. The Labute approximate surface area is 144 Å². The third-order valence-corrected chi connectivity index (χ3v) is 5.10. The van der Waals surface area contributed by atoms with Crippen LogP contribution in [0.4, 0.5) is 5.82 Å². The minimum atomic E-state index is 0.471. The molecule has 2 heterocycles. The zero-order valence-electron chi connectivity index (χ0n) is 14.8. The quantitative estimate of drug-likeness (QED) is 0.937. The Morgan fingerprint density at radius 1 is 1.12 bits per heavy atom. The minimum absolute atomic E-state index is 0.471. The molecular weight excluding hydrogens is 298 g/mol. The van der Waals surface area contributed by atoms with Gasteiger partial charge < -0.3 is 15.0 Å². The smallest absolute Gasteiger partial charge is 0.133 e. The third-order valence-electron chi connectivity index (χ3n) is 5.10. The van der Waals surface area contributed by atoms with Crippen LogP contribution in [0.2, 0.25) is 0 Å². The summed E-state index contributed by atoms with van der Waals surface area (Å²) in [5.41, 5.74) is 5.46. The fourth-order valence-electron chi connectivity index (χ4n) is 3.77. The van der Waals surface area contributed by atoms with E-state index in [-0.39, 0.29) is 0 Å². The van der Waals surface area contributed by atoms with Crippen LogP contribution in [-0.2, 0) is 24.1 Å². The van der Waals surface area contributed by atoms with Crippen LogP contribution in [-0.4, -0.2) is 37.3 Å². The molecule has 0 saturated carbocycles. The highest BCUT2D eigenvalue weighted by atomic mass is 16.5. The fraction of sp³-hybridized carbons (Fsp3) is 0.550. The van der Waals surface area contributed by atoms with E-state index < -0.39 is 0 Å². The van der Waals surface area contributed by atoms with E-state index in [1.54, 1.807) is 0 Å². The topological polar surface area (TPSA) is 37.4 Å². The molecule has 1 aromatic carbocycles. The Kier molecular flexibility index (Phi) is 4.42. The molecular formula is C20H27N3O. The number of nitrogens with zero attached hydrogens (tertiary/aromatic N) is 2. The van der Waals surface area contributed by atoms with Crippen LogP contribution < -0.4 is 10.2 Å². The molecule has 128 valence electrons. The van der Waals surface area contributed by atoms with Gasteiger partial charge in [0.05, 0.1) is 18.7 Å². The zero-order chi connectivity index (χ0) is 16.5. The molecule has 1 aromatic heterocycles. The van der Waals surface area contributed by atoms with Gasteiger partial charge in [-0.15, -0.1) is 0 Å². The van der Waals surface area contributed by atoms with Crippen molar-refractivity contribution in [3.8, 4) is 0 Å². The number of hydrogen-bond donors (Lipinski definition) is 1. The lowest BCUT2D eigenvalue weighted by atomic mass is 10.0. The second-order valence-corrected chi connectivity index (χ2v) is 7.27. The fourth-order valence-corrected chi connectivity index (χ4v) is 3.77. The summed E-state index contributed by atoms with van der Waals surface area (Å²) in [5, 5.41) is 4.85. The van der Waals surface area contributed by atoms with Crippen molar-refractivity contribution in [1.82, 2.24) is 10.3 Å². The summed E-state index contributed by atoms with van der Waals surface area (Å²) in [4.78, 5) is 7.47. The predicted molar refractivity (Wildman–Crippen MR) is 98.8 cm³/mol. The molecule has 2 aliphatic rings. The first-order valence-corrected chi connectivity index (χ1v) is 9.22. The van der Waals surface area contributed by atoms with Crippen molar-refractivity contribution in [1.29, 1.82) is 0 Å². The number of benzene rings is 1. The molecule has 2 aromatic rings. The molecule has 0 radical (unpaired) electrons. The first kappa shape index (κ1) is 15.9. The standard InChI is InChI=1S/C20H27N3O/c1-14(2)21-13-18-11-17-10-15-4-3-5-16(15)12-19(17)22-20(18)23-6-8-24-9-7-23/h10-12,14,21H,3-9,13H2,1-2H3. The average molecular weight is 325 g/mol. The molecule has 1 saturated heterocycles. The van der Waals surface area contributed by atoms with Crippen molar-refractivity contribution >= 4 is 16.7 Å². The summed E-state index contributed by atoms with van der Waals surface area (Å²) in [6, 6.07) is 7.51. The van der Waals surface area contributed by atoms with E-state index in [0.29, 0.717) is 6.04 Å². The van der Waals surface area contributed by atoms with Crippen molar-refractivity contribution in [2.24, 2.45) is 0 Å². The zero-order valence-corrected chi connectivity index (χ0v) is 14.8. The number of nitrogens with one attached hydrogen (secondary N) is 1. The van der Waals surface area contributed by atoms with Crippen molar-refractivity contribution in [2.45, 2.75) is 45.7 Å². The maximum Gasteiger partial charge on any atom is 0.133 e. The number of ether oxygens (including phenoxy) is 1. The molecule has 1 aliphatic carbocycles. The van der Waals surface area contributed by atoms with Crippen LogP contribution in [0.3, 0.4) is 0 Å². The van der Waals surface area contributed by atoms with E-state index in [1.807, 2.05) is 0 Å². The molecule has 4 rings (SSSR count). The number of hydrogen-bond acceptors (Lipinski definition) is 4. The molecule has 0 bridgehead atoms. The maximum atomic E-state index is 5.52. The van der Waals surface area contributed by atoms with Crippen LogP contribution in [0.1, 0.15) is 37.0 Å². The second kappa shape index (κ2) is 6.69. The summed E-state index contributed by atoms with van der Waals surface area (Å²) in [6.45, 7) is 8.69. The number of morpholine rings is 1. The van der Waals surface area contributed by atoms with E-state index in [9.17, 15) is 0 Å². The number of pyridine rings is 1. The van der Waals surface area contributed by atoms with Crippen molar-refractivity contribution in [3.05, 3.63) is 34.9 Å².